The van der Waals surface area contributed by atoms with Crippen LogP contribution in [0, 0.1) is 36.0 Å². The lowest BCUT2D eigenvalue weighted by atomic mass is 9.83. The van der Waals surface area contributed by atoms with Gasteiger partial charge in [0.15, 0.2) is 0 Å². The average molecular weight is 322 g/mol. The minimum absolute atomic E-state index is 0.233. The van der Waals surface area contributed by atoms with Crippen molar-refractivity contribution in [2.24, 2.45) is 23.7 Å². The summed E-state index contributed by atoms with van der Waals surface area (Å²) in [6.45, 7) is 1.32. The van der Waals surface area contributed by atoms with Gasteiger partial charge in [-0.15, -0.1) is 35.9 Å². The van der Waals surface area contributed by atoms with Crippen molar-refractivity contribution in [1.29, 1.82) is 0 Å². The standard InChI is InChI=1S/C15H21F3S2/c1-3-11-4-6-12(7-5-11)14-19-8-13(9-20-14)10(2)15(16,17)18/h1,10-14H,4-9H2,2H3. The molecule has 2 fully saturated rings. The second-order valence-electron chi connectivity index (χ2n) is 5.90. The van der Waals surface area contributed by atoms with Crippen LogP contribution in [0.1, 0.15) is 32.6 Å². The summed E-state index contributed by atoms with van der Waals surface area (Å²) in [5.41, 5.74) is 0. The van der Waals surface area contributed by atoms with E-state index in [-0.39, 0.29) is 5.92 Å². The number of rotatable bonds is 2. The number of hydrogen-bond donors (Lipinski definition) is 0. The lowest BCUT2D eigenvalue weighted by molar-refractivity contribution is -0.179. The highest BCUT2D eigenvalue weighted by Crippen LogP contribution is 2.47. The molecule has 0 aromatic carbocycles. The molecule has 1 unspecified atom stereocenters. The molecule has 1 aliphatic heterocycles. The van der Waals surface area contributed by atoms with E-state index in [1.54, 1.807) is 23.5 Å². The lowest BCUT2D eigenvalue weighted by Crippen LogP contribution is -2.35. The third-order valence-electron chi connectivity index (χ3n) is 4.56. The molecular weight excluding hydrogens is 301 g/mol. The Morgan fingerprint density at radius 2 is 1.65 bits per heavy atom. The highest BCUT2D eigenvalue weighted by Gasteiger charge is 2.43. The zero-order valence-electron chi connectivity index (χ0n) is 11.7. The van der Waals surface area contributed by atoms with Gasteiger partial charge in [0.25, 0.3) is 0 Å². The van der Waals surface area contributed by atoms with E-state index in [1.165, 1.54) is 6.92 Å². The molecule has 5 heteroatoms. The van der Waals surface area contributed by atoms with E-state index in [4.69, 9.17) is 6.42 Å². The number of alkyl halides is 3. The van der Waals surface area contributed by atoms with E-state index in [0.29, 0.717) is 27.9 Å². The number of hydrogen-bond acceptors (Lipinski definition) is 2. The molecule has 1 saturated heterocycles. The molecule has 1 saturated carbocycles. The van der Waals surface area contributed by atoms with Gasteiger partial charge in [-0.25, -0.2) is 0 Å². The highest BCUT2D eigenvalue weighted by molar-refractivity contribution is 8.17. The summed E-state index contributed by atoms with van der Waals surface area (Å²) in [7, 11) is 0. The molecular formula is C15H21F3S2. The van der Waals surface area contributed by atoms with Crippen molar-refractivity contribution in [3.8, 4) is 12.3 Å². The molecule has 114 valence electrons. The van der Waals surface area contributed by atoms with Crippen LogP contribution in [0.15, 0.2) is 0 Å². The fourth-order valence-corrected chi connectivity index (χ4v) is 6.70. The molecule has 0 nitrogen and oxygen atoms in total. The van der Waals surface area contributed by atoms with Crippen molar-refractivity contribution in [2.45, 2.75) is 43.4 Å². The van der Waals surface area contributed by atoms with Gasteiger partial charge in [-0.05, 0) is 49.0 Å². The summed E-state index contributed by atoms with van der Waals surface area (Å²) in [6, 6.07) is 0. The largest absolute Gasteiger partial charge is 0.391 e. The predicted octanol–water partition coefficient (Wildman–Crippen LogP) is 5.05. The van der Waals surface area contributed by atoms with E-state index in [1.807, 2.05) is 0 Å². The predicted molar refractivity (Wildman–Crippen MR) is 81.7 cm³/mol. The van der Waals surface area contributed by atoms with Gasteiger partial charge in [0, 0.05) is 5.92 Å². The van der Waals surface area contributed by atoms with Gasteiger partial charge in [-0.2, -0.15) is 13.2 Å². The van der Waals surface area contributed by atoms with Gasteiger partial charge in [0.2, 0.25) is 0 Å². The smallest absolute Gasteiger partial charge is 0.171 e. The molecule has 0 N–H and O–H groups in total. The van der Waals surface area contributed by atoms with Crippen molar-refractivity contribution in [2.75, 3.05) is 11.5 Å². The van der Waals surface area contributed by atoms with Crippen molar-refractivity contribution in [3.05, 3.63) is 0 Å². The summed E-state index contributed by atoms with van der Waals surface area (Å²) >= 11 is 3.48. The highest BCUT2D eigenvalue weighted by atomic mass is 32.2. The van der Waals surface area contributed by atoms with E-state index in [0.717, 1.165) is 25.7 Å². The van der Waals surface area contributed by atoms with Crippen molar-refractivity contribution in [1.82, 2.24) is 0 Å². The Balaban J connectivity index is 1.79. The summed E-state index contributed by atoms with van der Waals surface area (Å²) in [5, 5.41) is 0. The second kappa shape index (κ2) is 6.87. The Hall–Kier alpha value is 0.0500. The molecule has 2 aliphatic rings. The summed E-state index contributed by atoms with van der Waals surface area (Å²) in [5.74, 6) is 3.76. The Labute approximate surface area is 128 Å². The molecule has 1 aliphatic carbocycles. The van der Waals surface area contributed by atoms with Gasteiger partial charge < -0.3 is 0 Å². The SMILES string of the molecule is C#CC1CCC(C2SCC(C(C)C(F)(F)F)CS2)CC1. The molecule has 0 aromatic heterocycles. The Morgan fingerprint density at radius 1 is 1.10 bits per heavy atom. The lowest BCUT2D eigenvalue weighted by Gasteiger charge is -2.38. The summed E-state index contributed by atoms with van der Waals surface area (Å²) in [4.78, 5) is 0. The maximum absolute atomic E-state index is 12.7. The molecule has 1 atom stereocenters. The molecule has 2 rings (SSSR count). The first-order valence-corrected chi connectivity index (χ1v) is 9.27. The van der Waals surface area contributed by atoms with Gasteiger partial charge in [-0.3, -0.25) is 0 Å². The molecule has 0 amide bonds. The van der Waals surface area contributed by atoms with Crippen molar-refractivity contribution < 1.29 is 13.2 Å². The summed E-state index contributed by atoms with van der Waals surface area (Å²) in [6.07, 6.45) is 5.85. The van der Waals surface area contributed by atoms with Crippen LogP contribution in [0.2, 0.25) is 0 Å². The molecule has 20 heavy (non-hydrogen) atoms. The zero-order chi connectivity index (χ0) is 14.8. The van der Waals surface area contributed by atoms with Crippen molar-refractivity contribution >= 4 is 23.5 Å². The van der Waals surface area contributed by atoms with Crippen LogP contribution in [0.4, 0.5) is 13.2 Å². The fraction of sp³-hybridized carbons (Fsp3) is 0.867. The van der Waals surface area contributed by atoms with E-state index in [9.17, 15) is 13.2 Å². The van der Waals surface area contributed by atoms with Crippen LogP contribution in [-0.4, -0.2) is 22.3 Å². The normalized spacial score (nSPS) is 37.1. The van der Waals surface area contributed by atoms with Crippen LogP contribution in [0.25, 0.3) is 0 Å². The zero-order valence-corrected chi connectivity index (χ0v) is 13.3. The van der Waals surface area contributed by atoms with Crippen LogP contribution >= 0.6 is 23.5 Å². The second-order valence-corrected chi connectivity index (χ2v) is 8.55. The van der Waals surface area contributed by atoms with Gasteiger partial charge in [0.05, 0.1) is 10.5 Å². The third-order valence-corrected chi connectivity index (χ3v) is 8.05. The molecule has 0 spiro atoms. The summed E-state index contributed by atoms with van der Waals surface area (Å²) < 4.78 is 38.7. The van der Waals surface area contributed by atoms with Crippen LogP contribution in [-0.2, 0) is 0 Å². The Morgan fingerprint density at radius 3 is 2.10 bits per heavy atom. The minimum Gasteiger partial charge on any atom is -0.171 e. The van der Waals surface area contributed by atoms with Gasteiger partial charge in [-0.1, -0.05) is 6.92 Å². The van der Waals surface area contributed by atoms with Crippen LogP contribution in [0.3, 0.4) is 0 Å². The molecule has 0 radical (unpaired) electrons. The van der Waals surface area contributed by atoms with E-state index >= 15 is 0 Å². The topological polar surface area (TPSA) is 0 Å². The molecule has 1 heterocycles. The van der Waals surface area contributed by atoms with Gasteiger partial charge >= 0.3 is 6.18 Å². The maximum atomic E-state index is 12.7. The number of terminal acetylenes is 1. The van der Waals surface area contributed by atoms with E-state index < -0.39 is 12.1 Å². The molecule has 0 bridgehead atoms. The molecule has 0 aromatic rings. The van der Waals surface area contributed by atoms with Crippen LogP contribution in [0.5, 0.6) is 0 Å². The van der Waals surface area contributed by atoms with E-state index in [2.05, 4.69) is 5.92 Å². The fourth-order valence-electron chi connectivity index (χ4n) is 2.92. The number of thioether (sulfide) groups is 2. The van der Waals surface area contributed by atoms with Crippen LogP contribution < -0.4 is 0 Å². The minimum atomic E-state index is -4.05. The van der Waals surface area contributed by atoms with Crippen molar-refractivity contribution in [3.63, 3.8) is 0 Å². The quantitative estimate of drug-likeness (QED) is 0.653. The first kappa shape index (κ1) is 16.4. The Kier molecular flexibility index (Phi) is 5.64. The van der Waals surface area contributed by atoms with Gasteiger partial charge in [0.1, 0.15) is 0 Å². The first-order valence-electron chi connectivity index (χ1n) is 7.18. The number of halogens is 3. The Bertz CT molecular complexity index is 345. The first-order chi connectivity index (χ1) is 9.41. The monoisotopic (exact) mass is 322 g/mol. The average Bonchev–Trinajstić information content (AvgIpc) is 2.46. The maximum Gasteiger partial charge on any atom is 0.391 e. The third kappa shape index (κ3) is 4.04.